The van der Waals surface area contributed by atoms with Crippen LogP contribution in [-0.4, -0.2) is 80.1 Å². The Balaban J connectivity index is 1.73. The molecule has 3 aliphatic rings. The van der Waals surface area contributed by atoms with Crippen molar-refractivity contribution in [3.63, 3.8) is 0 Å². The lowest BCUT2D eigenvalue weighted by Gasteiger charge is -2.61. The highest BCUT2D eigenvalue weighted by Gasteiger charge is 2.57. The van der Waals surface area contributed by atoms with Crippen molar-refractivity contribution in [3.8, 4) is 0 Å². The highest BCUT2D eigenvalue weighted by atomic mass is 32.2. The number of hydrogen-bond acceptors (Lipinski definition) is 5. The lowest BCUT2D eigenvalue weighted by atomic mass is 9.54. The van der Waals surface area contributed by atoms with Gasteiger partial charge in [-0.2, -0.15) is 0 Å². The van der Waals surface area contributed by atoms with Gasteiger partial charge in [-0.25, -0.2) is 8.42 Å². The van der Waals surface area contributed by atoms with Crippen LogP contribution >= 0.6 is 0 Å². The molecule has 0 unspecified atom stereocenters. The van der Waals surface area contributed by atoms with Gasteiger partial charge in [0.25, 0.3) is 0 Å². The van der Waals surface area contributed by atoms with Crippen molar-refractivity contribution in [2.45, 2.75) is 96.7 Å². The SMILES string of the molecule is CCCN(CC(=O)N(CCC)[C@@H]1CCS(=O)(=O)C1)[C@H]1C[C@@H](OCC)C12CCCCC2. The van der Waals surface area contributed by atoms with Crippen LogP contribution in [0.2, 0.25) is 0 Å². The number of amides is 1. The summed E-state index contributed by atoms with van der Waals surface area (Å²) < 4.78 is 30.1. The van der Waals surface area contributed by atoms with Crippen LogP contribution in [0, 0.1) is 5.41 Å². The Morgan fingerprint density at radius 2 is 1.77 bits per heavy atom. The van der Waals surface area contributed by atoms with Gasteiger partial charge >= 0.3 is 0 Å². The first-order valence-corrected chi connectivity index (χ1v) is 14.0. The minimum atomic E-state index is -3.00. The molecule has 3 fully saturated rings. The summed E-state index contributed by atoms with van der Waals surface area (Å²) in [5, 5.41) is 0. The van der Waals surface area contributed by atoms with Crippen LogP contribution in [0.15, 0.2) is 0 Å². The monoisotopic (exact) mass is 442 g/mol. The average molecular weight is 443 g/mol. The van der Waals surface area contributed by atoms with Crippen molar-refractivity contribution >= 4 is 15.7 Å². The zero-order chi connectivity index (χ0) is 21.8. The summed E-state index contributed by atoms with van der Waals surface area (Å²) >= 11 is 0. The quantitative estimate of drug-likeness (QED) is 0.520. The highest BCUT2D eigenvalue weighted by molar-refractivity contribution is 7.91. The Kier molecular flexibility index (Phi) is 8.24. The van der Waals surface area contributed by atoms with Crippen molar-refractivity contribution in [1.82, 2.24) is 9.80 Å². The molecule has 174 valence electrons. The Morgan fingerprint density at radius 3 is 2.33 bits per heavy atom. The van der Waals surface area contributed by atoms with Crippen molar-refractivity contribution < 1.29 is 17.9 Å². The first kappa shape index (κ1) is 24.0. The molecule has 0 aromatic heterocycles. The number of rotatable bonds is 10. The Hall–Kier alpha value is -0.660. The standard InChI is InChI=1S/C23H42N2O4S/c1-4-13-24(20-16-21(29-6-3)23(20)11-8-7-9-12-23)17-22(26)25(14-5-2)19-10-15-30(27,28)18-19/h19-21H,4-18H2,1-3H3/t19-,20+,21-/m1/s1. The van der Waals surface area contributed by atoms with Crippen LogP contribution < -0.4 is 0 Å². The summed E-state index contributed by atoms with van der Waals surface area (Å²) in [6.45, 7) is 9.05. The average Bonchev–Trinajstić information content (AvgIpc) is 3.08. The van der Waals surface area contributed by atoms with Crippen LogP contribution in [-0.2, 0) is 19.4 Å². The van der Waals surface area contributed by atoms with E-state index in [4.69, 9.17) is 4.74 Å². The fourth-order valence-electron chi connectivity index (χ4n) is 6.21. The maximum Gasteiger partial charge on any atom is 0.237 e. The molecule has 0 N–H and O–H groups in total. The van der Waals surface area contributed by atoms with Gasteiger partial charge in [0.15, 0.2) is 9.84 Å². The van der Waals surface area contributed by atoms with Gasteiger partial charge in [0.1, 0.15) is 0 Å². The van der Waals surface area contributed by atoms with E-state index in [0.29, 0.717) is 31.7 Å². The van der Waals surface area contributed by atoms with E-state index in [-0.39, 0.29) is 28.9 Å². The number of carbonyl (C=O) groups excluding carboxylic acids is 1. The lowest BCUT2D eigenvalue weighted by molar-refractivity contribution is -0.185. The molecule has 2 aliphatic carbocycles. The maximum atomic E-state index is 13.4. The number of sulfone groups is 1. The minimum Gasteiger partial charge on any atom is -0.378 e. The van der Waals surface area contributed by atoms with Gasteiger partial charge < -0.3 is 9.64 Å². The largest absolute Gasteiger partial charge is 0.378 e. The Labute approximate surface area is 183 Å². The minimum absolute atomic E-state index is 0.109. The van der Waals surface area contributed by atoms with Gasteiger partial charge in [0.05, 0.1) is 24.2 Å². The van der Waals surface area contributed by atoms with E-state index in [1.165, 1.54) is 32.1 Å². The Morgan fingerprint density at radius 1 is 1.07 bits per heavy atom. The van der Waals surface area contributed by atoms with Crippen molar-refractivity contribution in [3.05, 3.63) is 0 Å². The molecule has 1 aliphatic heterocycles. The van der Waals surface area contributed by atoms with E-state index in [2.05, 4.69) is 25.7 Å². The third-order valence-electron chi connectivity index (χ3n) is 7.62. The van der Waals surface area contributed by atoms with E-state index in [9.17, 15) is 13.2 Å². The second-order valence-corrected chi connectivity index (χ2v) is 11.8. The molecule has 0 radical (unpaired) electrons. The number of ether oxygens (including phenoxy) is 1. The van der Waals surface area contributed by atoms with Crippen LogP contribution in [0.1, 0.15) is 78.6 Å². The zero-order valence-electron chi connectivity index (χ0n) is 19.3. The second kappa shape index (κ2) is 10.3. The van der Waals surface area contributed by atoms with Gasteiger partial charge in [-0.1, -0.05) is 33.1 Å². The molecule has 30 heavy (non-hydrogen) atoms. The predicted octanol–water partition coefficient (Wildman–Crippen LogP) is 3.25. The van der Waals surface area contributed by atoms with Gasteiger partial charge in [0, 0.05) is 30.7 Å². The van der Waals surface area contributed by atoms with E-state index >= 15 is 0 Å². The molecular formula is C23H42N2O4S. The molecule has 0 bridgehead atoms. The molecule has 0 aromatic carbocycles. The first-order chi connectivity index (χ1) is 14.4. The summed E-state index contributed by atoms with van der Waals surface area (Å²) in [5.41, 5.74) is 0.204. The number of hydrogen-bond donors (Lipinski definition) is 0. The molecule has 1 amide bonds. The molecule has 2 saturated carbocycles. The summed E-state index contributed by atoms with van der Waals surface area (Å²) in [6.07, 6.45) is 10.0. The van der Waals surface area contributed by atoms with Gasteiger partial charge in [-0.15, -0.1) is 0 Å². The normalized spacial score (nSPS) is 29.8. The zero-order valence-corrected chi connectivity index (χ0v) is 20.1. The Bertz CT molecular complexity index is 675. The number of carbonyl (C=O) groups is 1. The van der Waals surface area contributed by atoms with Crippen molar-refractivity contribution in [2.24, 2.45) is 5.41 Å². The summed E-state index contributed by atoms with van der Waals surface area (Å²) in [7, 11) is -3.00. The van der Waals surface area contributed by atoms with Gasteiger partial charge in [-0.3, -0.25) is 9.69 Å². The van der Waals surface area contributed by atoms with Gasteiger partial charge in [-0.05, 0) is 52.0 Å². The third kappa shape index (κ3) is 5.04. The summed E-state index contributed by atoms with van der Waals surface area (Å²) in [4.78, 5) is 17.7. The van der Waals surface area contributed by atoms with Crippen LogP contribution in [0.25, 0.3) is 0 Å². The number of nitrogens with zero attached hydrogens (tertiary/aromatic N) is 2. The summed E-state index contributed by atoms with van der Waals surface area (Å²) in [6, 6.07) is 0.265. The molecular weight excluding hydrogens is 400 g/mol. The molecule has 1 heterocycles. The third-order valence-corrected chi connectivity index (χ3v) is 9.37. The van der Waals surface area contributed by atoms with Gasteiger partial charge in [0.2, 0.25) is 5.91 Å². The smallest absolute Gasteiger partial charge is 0.237 e. The van der Waals surface area contributed by atoms with Crippen LogP contribution in [0.4, 0.5) is 0 Å². The highest BCUT2D eigenvalue weighted by Crippen LogP contribution is 2.55. The fourth-order valence-corrected chi connectivity index (χ4v) is 7.94. The topological polar surface area (TPSA) is 66.9 Å². The molecule has 6 nitrogen and oxygen atoms in total. The molecule has 0 aromatic rings. The van der Waals surface area contributed by atoms with Crippen molar-refractivity contribution in [2.75, 3.05) is 37.7 Å². The van der Waals surface area contributed by atoms with E-state index in [1.54, 1.807) is 0 Å². The second-order valence-electron chi connectivity index (χ2n) is 9.60. The lowest BCUT2D eigenvalue weighted by Crippen LogP contribution is -2.66. The molecule has 1 spiro atoms. The van der Waals surface area contributed by atoms with Crippen LogP contribution in [0.5, 0.6) is 0 Å². The molecule has 7 heteroatoms. The van der Waals surface area contributed by atoms with Crippen molar-refractivity contribution in [1.29, 1.82) is 0 Å². The summed E-state index contributed by atoms with van der Waals surface area (Å²) in [5.74, 6) is 0.455. The fraction of sp³-hybridized carbons (Fsp3) is 0.957. The molecule has 3 atom stereocenters. The van der Waals surface area contributed by atoms with E-state index in [0.717, 1.165) is 32.4 Å². The predicted molar refractivity (Wildman–Crippen MR) is 120 cm³/mol. The molecule has 3 rings (SSSR count). The van der Waals surface area contributed by atoms with Crippen LogP contribution in [0.3, 0.4) is 0 Å². The van der Waals surface area contributed by atoms with E-state index < -0.39 is 9.84 Å². The van der Waals surface area contributed by atoms with E-state index in [1.807, 2.05) is 4.90 Å². The first-order valence-electron chi connectivity index (χ1n) is 12.2. The molecule has 1 saturated heterocycles. The maximum absolute atomic E-state index is 13.4.